The van der Waals surface area contributed by atoms with Crippen LogP contribution in [0.25, 0.3) is 10.2 Å². The van der Waals surface area contributed by atoms with E-state index in [4.69, 9.17) is 9.97 Å². The van der Waals surface area contributed by atoms with Crippen molar-refractivity contribution in [2.45, 2.75) is 38.6 Å². The van der Waals surface area contributed by atoms with Gasteiger partial charge in [-0.05, 0) is 58.3 Å². The minimum Gasteiger partial charge on any atom is -0.355 e. The van der Waals surface area contributed by atoms with E-state index in [-0.39, 0.29) is 0 Å². The van der Waals surface area contributed by atoms with Crippen LogP contribution in [-0.2, 0) is 6.54 Å². The Hall–Kier alpha value is -1.99. The SMILES string of the molecule is Cc1nc(N2CCC[C@@H](c3nccn3CCCN(C)C)C2)c2ccsc2n1. The highest BCUT2D eigenvalue weighted by atomic mass is 32.1. The number of nitrogens with zero attached hydrogens (tertiary/aromatic N) is 6. The van der Waals surface area contributed by atoms with E-state index in [1.807, 2.05) is 13.1 Å². The van der Waals surface area contributed by atoms with Crippen molar-refractivity contribution in [3.63, 3.8) is 0 Å². The molecule has 1 aliphatic heterocycles. The van der Waals surface area contributed by atoms with Crippen LogP contribution in [0, 0.1) is 6.92 Å². The topological polar surface area (TPSA) is 50.1 Å². The van der Waals surface area contributed by atoms with Gasteiger partial charge in [-0.15, -0.1) is 11.3 Å². The van der Waals surface area contributed by atoms with Crippen molar-refractivity contribution in [3.05, 3.63) is 35.5 Å². The van der Waals surface area contributed by atoms with Crippen LogP contribution in [-0.4, -0.2) is 58.1 Å². The van der Waals surface area contributed by atoms with Crippen molar-refractivity contribution >= 4 is 27.4 Å². The maximum absolute atomic E-state index is 4.79. The lowest BCUT2D eigenvalue weighted by molar-refractivity contribution is 0.380. The highest BCUT2D eigenvalue weighted by molar-refractivity contribution is 7.16. The highest BCUT2D eigenvalue weighted by Gasteiger charge is 2.27. The lowest BCUT2D eigenvalue weighted by Gasteiger charge is -2.34. The first-order valence-electron chi connectivity index (χ1n) is 9.74. The third-order valence-electron chi connectivity index (χ3n) is 5.25. The number of hydrogen-bond donors (Lipinski definition) is 0. The second kappa shape index (κ2) is 7.94. The standard InChI is InChI=1S/C20H28N6S/c1-15-22-19(17-7-13-27-20(17)23-15)26-10-4-6-16(14-26)18-21-8-12-25(18)11-5-9-24(2)3/h7-8,12-13,16H,4-6,9-11,14H2,1-3H3/t16-/m1/s1. The molecular weight excluding hydrogens is 356 g/mol. The molecule has 0 N–H and O–H groups in total. The average Bonchev–Trinajstić information content (AvgIpc) is 3.30. The van der Waals surface area contributed by atoms with Crippen molar-refractivity contribution in [2.75, 3.05) is 38.6 Å². The van der Waals surface area contributed by atoms with Crippen molar-refractivity contribution in [1.29, 1.82) is 0 Å². The van der Waals surface area contributed by atoms with Crippen LogP contribution in [0.2, 0.25) is 0 Å². The van der Waals surface area contributed by atoms with Crippen molar-refractivity contribution in [2.24, 2.45) is 0 Å². The molecule has 3 aromatic rings. The van der Waals surface area contributed by atoms with Crippen molar-refractivity contribution in [1.82, 2.24) is 24.4 Å². The molecule has 3 aromatic heterocycles. The van der Waals surface area contributed by atoms with Crippen LogP contribution >= 0.6 is 11.3 Å². The van der Waals surface area contributed by atoms with Gasteiger partial charge in [0.25, 0.3) is 0 Å². The summed E-state index contributed by atoms with van der Waals surface area (Å²) in [6.45, 7) is 6.16. The van der Waals surface area contributed by atoms with Crippen LogP contribution in [0.1, 0.15) is 36.8 Å². The second-order valence-electron chi connectivity index (χ2n) is 7.65. The lowest BCUT2D eigenvalue weighted by Crippen LogP contribution is -2.36. The number of fused-ring (bicyclic) bond motifs is 1. The van der Waals surface area contributed by atoms with E-state index in [0.717, 1.165) is 49.1 Å². The molecule has 0 radical (unpaired) electrons. The molecule has 1 fully saturated rings. The summed E-state index contributed by atoms with van der Waals surface area (Å²) in [6.07, 6.45) is 7.60. The van der Waals surface area contributed by atoms with Gasteiger partial charge in [-0.3, -0.25) is 0 Å². The Morgan fingerprint density at radius 2 is 2.19 bits per heavy atom. The van der Waals surface area contributed by atoms with Gasteiger partial charge in [-0.25, -0.2) is 15.0 Å². The van der Waals surface area contributed by atoms with Gasteiger partial charge in [0.05, 0.1) is 5.39 Å². The van der Waals surface area contributed by atoms with Crippen LogP contribution < -0.4 is 4.90 Å². The lowest BCUT2D eigenvalue weighted by atomic mass is 9.97. The number of anilines is 1. The molecule has 6 nitrogen and oxygen atoms in total. The number of aromatic nitrogens is 4. The van der Waals surface area contributed by atoms with E-state index in [0.29, 0.717) is 5.92 Å². The summed E-state index contributed by atoms with van der Waals surface area (Å²) in [7, 11) is 4.26. The molecule has 0 amide bonds. The van der Waals surface area contributed by atoms with Crippen molar-refractivity contribution in [3.8, 4) is 0 Å². The van der Waals surface area contributed by atoms with E-state index in [2.05, 4.69) is 51.1 Å². The van der Waals surface area contributed by atoms with Gasteiger partial charge >= 0.3 is 0 Å². The molecule has 1 atom stereocenters. The number of imidazole rings is 1. The summed E-state index contributed by atoms with van der Waals surface area (Å²) in [5.74, 6) is 3.63. The van der Waals surface area contributed by atoms with Gasteiger partial charge in [0.15, 0.2) is 0 Å². The van der Waals surface area contributed by atoms with E-state index < -0.39 is 0 Å². The summed E-state index contributed by atoms with van der Waals surface area (Å²) in [6, 6.07) is 2.15. The highest BCUT2D eigenvalue weighted by Crippen LogP contribution is 2.33. The predicted octanol–water partition coefficient (Wildman–Crippen LogP) is 3.53. The molecule has 0 bridgehead atoms. The molecule has 4 rings (SSSR count). The van der Waals surface area contributed by atoms with Crippen LogP contribution in [0.5, 0.6) is 0 Å². The fourth-order valence-corrected chi connectivity index (χ4v) is 4.80. The summed E-state index contributed by atoms with van der Waals surface area (Å²) in [5, 5.41) is 3.29. The van der Waals surface area contributed by atoms with E-state index in [9.17, 15) is 0 Å². The molecular formula is C20H28N6S. The molecule has 0 spiro atoms. The van der Waals surface area contributed by atoms with Crippen LogP contribution in [0.3, 0.4) is 0 Å². The Morgan fingerprint density at radius 1 is 1.30 bits per heavy atom. The third-order valence-corrected chi connectivity index (χ3v) is 6.06. The second-order valence-corrected chi connectivity index (χ2v) is 8.55. The van der Waals surface area contributed by atoms with Gasteiger partial charge < -0.3 is 14.4 Å². The molecule has 27 heavy (non-hydrogen) atoms. The molecule has 0 aromatic carbocycles. The van der Waals surface area contributed by atoms with Gasteiger partial charge in [0.2, 0.25) is 0 Å². The van der Waals surface area contributed by atoms with E-state index >= 15 is 0 Å². The molecule has 0 aliphatic carbocycles. The molecule has 1 aliphatic rings. The predicted molar refractivity (Wildman–Crippen MR) is 112 cm³/mol. The zero-order chi connectivity index (χ0) is 18.8. The first-order chi connectivity index (χ1) is 13.1. The maximum Gasteiger partial charge on any atom is 0.141 e. The van der Waals surface area contributed by atoms with E-state index in [1.54, 1.807) is 11.3 Å². The average molecular weight is 385 g/mol. The summed E-state index contributed by atoms with van der Waals surface area (Å²) in [4.78, 5) is 19.9. The summed E-state index contributed by atoms with van der Waals surface area (Å²) in [5.41, 5.74) is 0. The molecule has 4 heterocycles. The molecule has 7 heteroatoms. The number of piperidine rings is 1. The zero-order valence-corrected chi connectivity index (χ0v) is 17.2. The molecule has 1 saturated heterocycles. The largest absolute Gasteiger partial charge is 0.355 e. The monoisotopic (exact) mass is 384 g/mol. The number of thiophene rings is 1. The molecule has 0 unspecified atom stereocenters. The van der Waals surface area contributed by atoms with Gasteiger partial charge in [0, 0.05) is 37.9 Å². The first-order valence-corrected chi connectivity index (χ1v) is 10.6. The Morgan fingerprint density at radius 3 is 3.04 bits per heavy atom. The summed E-state index contributed by atoms with van der Waals surface area (Å²) >= 11 is 1.69. The molecule has 144 valence electrons. The first kappa shape index (κ1) is 18.4. The minimum absolute atomic E-state index is 0.456. The Bertz CT molecular complexity index is 899. The smallest absolute Gasteiger partial charge is 0.141 e. The van der Waals surface area contributed by atoms with Crippen LogP contribution in [0.15, 0.2) is 23.8 Å². The van der Waals surface area contributed by atoms with Crippen molar-refractivity contribution < 1.29 is 0 Å². The normalized spacial score (nSPS) is 17.9. The number of aryl methyl sites for hydroxylation is 2. The van der Waals surface area contributed by atoms with Crippen LogP contribution in [0.4, 0.5) is 5.82 Å². The van der Waals surface area contributed by atoms with E-state index in [1.165, 1.54) is 24.1 Å². The zero-order valence-electron chi connectivity index (χ0n) is 16.4. The minimum atomic E-state index is 0.456. The molecule has 0 saturated carbocycles. The summed E-state index contributed by atoms with van der Waals surface area (Å²) < 4.78 is 2.35. The van der Waals surface area contributed by atoms with Gasteiger partial charge in [-0.2, -0.15) is 0 Å². The quantitative estimate of drug-likeness (QED) is 0.651. The fourth-order valence-electron chi connectivity index (χ4n) is 3.99. The Kier molecular flexibility index (Phi) is 5.41. The maximum atomic E-state index is 4.79. The number of rotatable bonds is 6. The third kappa shape index (κ3) is 3.99. The van der Waals surface area contributed by atoms with Gasteiger partial charge in [-0.1, -0.05) is 0 Å². The van der Waals surface area contributed by atoms with Gasteiger partial charge in [0.1, 0.15) is 22.3 Å². The Balaban J connectivity index is 1.54. The Labute approximate surface area is 164 Å². The number of hydrogen-bond acceptors (Lipinski definition) is 6. The fraction of sp³-hybridized carbons (Fsp3) is 0.550.